The monoisotopic (exact) mass is 532 g/mol. The average Bonchev–Trinajstić information content (AvgIpc) is 3.61. The summed E-state index contributed by atoms with van der Waals surface area (Å²) in [6, 6.07) is 16.1. The average molecular weight is 533 g/mol. The topological polar surface area (TPSA) is 132 Å². The van der Waals surface area contributed by atoms with Crippen molar-refractivity contribution in [3.8, 4) is 0 Å². The summed E-state index contributed by atoms with van der Waals surface area (Å²) < 4.78 is 7.54. The lowest BCUT2D eigenvalue weighted by Gasteiger charge is -2.23. The maximum atomic E-state index is 13.1. The van der Waals surface area contributed by atoms with Gasteiger partial charge in [-0.15, -0.1) is 0 Å². The molecule has 10 nitrogen and oxygen atoms in total. The number of benzene rings is 2. The van der Waals surface area contributed by atoms with Crippen LogP contribution < -0.4 is 16.4 Å². The van der Waals surface area contributed by atoms with E-state index in [2.05, 4.69) is 15.6 Å². The van der Waals surface area contributed by atoms with Crippen molar-refractivity contribution in [1.29, 1.82) is 0 Å². The SMILES string of the molecule is CC(C)(N)C(=O)NC(COCc1ccccc1)C(=O)Nc1cn(Cc2ccccc2C(=O)N2CCCC2)cn1. The van der Waals surface area contributed by atoms with Crippen molar-refractivity contribution in [3.63, 3.8) is 0 Å². The normalized spacial score (nSPS) is 14.2. The summed E-state index contributed by atoms with van der Waals surface area (Å²) in [5.74, 6) is -0.599. The van der Waals surface area contributed by atoms with Gasteiger partial charge >= 0.3 is 0 Å². The van der Waals surface area contributed by atoms with Crippen LogP contribution in [-0.2, 0) is 27.5 Å². The molecule has 10 heteroatoms. The Morgan fingerprint density at radius 3 is 2.46 bits per heavy atom. The number of nitrogens with one attached hydrogen (secondary N) is 2. The van der Waals surface area contributed by atoms with Gasteiger partial charge in [0, 0.05) is 31.4 Å². The third-order valence-corrected chi connectivity index (χ3v) is 6.48. The van der Waals surface area contributed by atoms with E-state index in [-0.39, 0.29) is 19.1 Å². The first-order valence-electron chi connectivity index (χ1n) is 13.1. The van der Waals surface area contributed by atoms with Crippen molar-refractivity contribution in [1.82, 2.24) is 19.8 Å². The molecule has 0 saturated carbocycles. The smallest absolute Gasteiger partial charge is 0.254 e. The van der Waals surface area contributed by atoms with Crippen LogP contribution in [0.2, 0.25) is 0 Å². The van der Waals surface area contributed by atoms with E-state index in [1.165, 1.54) is 0 Å². The first-order valence-corrected chi connectivity index (χ1v) is 13.1. The number of likely N-dealkylation sites (tertiary alicyclic amines) is 1. The van der Waals surface area contributed by atoms with Gasteiger partial charge in [-0.3, -0.25) is 14.4 Å². The summed E-state index contributed by atoms with van der Waals surface area (Å²) in [5.41, 5.74) is 7.24. The molecule has 1 atom stereocenters. The molecular weight excluding hydrogens is 496 g/mol. The number of hydrogen-bond acceptors (Lipinski definition) is 6. The van der Waals surface area contributed by atoms with Crippen LogP contribution in [0.15, 0.2) is 67.1 Å². The molecule has 4 N–H and O–H groups in total. The quantitative estimate of drug-likeness (QED) is 0.348. The standard InChI is InChI=1S/C29H36N6O4/c1-29(2,30)28(38)32-24(19-39-18-21-10-4-3-5-11-21)26(36)33-25-17-34(20-31-25)16-22-12-6-7-13-23(22)27(37)35-14-8-9-15-35/h3-7,10-13,17,20,24H,8-9,14-16,18-19,30H2,1-2H3,(H,32,38)(H,33,36). The van der Waals surface area contributed by atoms with Crippen LogP contribution in [-0.4, -0.2) is 63.4 Å². The maximum absolute atomic E-state index is 13.1. The minimum atomic E-state index is -1.17. The number of anilines is 1. The van der Waals surface area contributed by atoms with Crippen molar-refractivity contribution >= 4 is 23.5 Å². The Kier molecular flexibility index (Phi) is 9.11. The molecule has 1 aliphatic heterocycles. The first-order chi connectivity index (χ1) is 18.7. The van der Waals surface area contributed by atoms with Gasteiger partial charge in [0.1, 0.15) is 6.04 Å². The molecule has 1 aliphatic rings. The molecule has 1 unspecified atom stereocenters. The van der Waals surface area contributed by atoms with Crippen LogP contribution in [0.25, 0.3) is 0 Å². The second kappa shape index (κ2) is 12.7. The number of hydrogen-bond donors (Lipinski definition) is 3. The molecular formula is C29H36N6O4. The number of carbonyl (C=O) groups is 3. The van der Waals surface area contributed by atoms with Crippen molar-refractivity contribution < 1.29 is 19.1 Å². The van der Waals surface area contributed by atoms with Gasteiger partial charge in [0.25, 0.3) is 11.8 Å². The molecule has 2 heterocycles. The van der Waals surface area contributed by atoms with Crippen LogP contribution in [0.5, 0.6) is 0 Å². The second-order valence-electron chi connectivity index (χ2n) is 10.3. The molecule has 1 aromatic heterocycles. The Balaban J connectivity index is 1.41. The Morgan fingerprint density at radius 1 is 1.05 bits per heavy atom. The summed E-state index contributed by atoms with van der Waals surface area (Å²) in [4.78, 5) is 44.9. The zero-order chi connectivity index (χ0) is 27.8. The molecule has 1 fully saturated rings. The fourth-order valence-corrected chi connectivity index (χ4v) is 4.27. The zero-order valence-corrected chi connectivity index (χ0v) is 22.4. The molecule has 0 spiro atoms. The van der Waals surface area contributed by atoms with Crippen molar-refractivity contribution in [2.24, 2.45) is 5.73 Å². The van der Waals surface area contributed by atoms with Crippen molar-refractivity contribution in [2.45, 2.75) is 51.4 Å². The minimum absolute atomic E-state index is 0.0358. The van der Waals surface area contributed by atoms with Gasteiger partial charge in [-0.25, -0.2) is 4.98 Å². The van der Waals surface area contributed by atoms with Crippen molar-refractivity contribution in [2.75, 3.05) is 25.0 Å². The van der Waals surface area contributed by atoms with Gasteiger partial charge < -0.3 is 30.6 Å². The van der Waals surface area contributed by atoms with E-state index in [1.807, 2.05) is 59.5 Å². The third kappa shape index (κ3) is 7.75. The fraction of sp³-hybridized carbons (Fsp3) is 0.379. The lowest BCUT2D eigenvalue weighted by Crippen LogP contribution is -2.56. The van der Waals surface area contributed by atoms with Gasteiger partial charge in [0.05, 0.1) is 25.1 Å². The van der Waals surface area contributed by atoms with E-state index in [0.29, 0.717) is 17.9 Å². The molecule has 0 bridgehead atoms. The number of ether oxygens (including phenoxy) is 1. The van der Waals surface area contributed by atoms with Gasteiger partial charge in [-0.05, 0) is 43.9 Å². The van der Waals surface area contributed by atoms with E-state index in [4.69, 9.17) is 10.5 Å². The first kappa shape index (κ1) is 28.0. The van der Waals surface area contributed by atoms with Crippen LogP contribution in [0.4, 0.5) is 5.82 Å². The predicted molar refractivity (Wildman–Crippen MR) is 148 cm³/mol. The highest BCUT2D eigenvalue weighted by Crippen LogP contribution is 2.18. The summed E-state index contributed by atoms with van der Waals surface area (Å²) in [7, 11) is 0. The van der Waals surface area contributed by atoms with Gasteiger partial charge in [-0.1, -0.05) is 48.5 Å². The lowest BCUT2D eigenvalue weighted by atomic mass is 10.1. The number of carbonyl (C=O) groups excluding carboxylic acids is 3. The van der Waals surface area contributed by atoms with Crippen LogP contribution in [0.1, 0.15) is 48.2 Å². The second-order valence-corrected chi connectivity index (χ2v) is 10.3. The highest BCUT2D eigenvalue weighted by Gasteiger charge is 2.29. The number of nitrogens with zero attached hydrogens (tertiary/aromatic N) is 3. The fourth-order valence-electron chi connectivity index (χ4n) is 4.27. The Morgan fingerprint density at radius 2 is 1.74 bits per heavy atom. The summed E-state index contributed by atoms with van der Waals surface area (Å²) in [6.07, 6.45) is 5.33. The molecule has 39 heavy (non-hydrogen) atoms. The molecule has 206 valence electrons. The van der Waals surface area contributed by atoms with E-state index < -0.39 is 23.4 Å². The van der Waals surface area contributed by atoms with Crippen LogP contribution in [0, 0.1) is 0 Å². The highest BCUT2D eigenvalue weighted by atomic mass is 16.5. The molecule has 1 saturated heterocycles. The number of aromatic nitrogens is 2. The van der Waals surface area contributed by atoms with Crippen LogP contribution in [0.3, 0.4) is 0 Å². The third-order valence-electron chi connectivity index (χ3n) is 6.48. The Labute approximate surface area is 228 Å². The number of nitrogens with two attached hydrogens (primary N) is 1. The van der Waals surface area contributed by atoms with E-state index >= 15 is 0 Å². The molecule has 0 aliphatic carbocycles. The molecule has 0 radical (unpaired) electrons. The predicted octanol–water partition coefficient (Wildman–Crippen LogP) is 2.54. The largest absolute Gasteiger partial charge is 0.374 e. The van der Waals surface area contributed by atoms with Gasteiger partial charge in [0.2, 0.25) is 5.91 Å². The number of rotatable bonds is 11. The molecule has 4 rings (SSSR count). The molecule has 3 aromatic rings. The zero-order valence-electron chi connectivity index (χ0n) is 22.4. The Bertz CT molecular complexity index is 1280. The number of imidazole rings is 1. The molecule has 2 aromatic carbocycles. The van der Waals surface area contributed by atoms with E-state index in [1.54, 1.807) is 30.9 Å². The summed E-state index contributed by atoms with van der Waals surface area (Å²) in [6.45, 7) is 5.35. The van der Waals surface area contributed by atoms with Gasteiger partial charge in [0.15, 0.2) is 5.82 Å². The summed E-state index contributed by atoms with van der Waals surface area (Å²) in [5, 5.41) is 5.43. The number of amides is 3. The van der Waals surface area contributed by atoms with Gasteiger partial charge in [-0.2, -0.15) is 0 Å². The summed E-state index contributed by atoms with van der Waals surface area (Å²) >= 11 is 0. The van der Waals surface area contributed by atoms with Crippen molar-refractivity contribution in [3.05, 3.63) is 83.8 Å². The molecule has 3 amide bonds. The van der Waals surface area contributed by atoms with E-state index in [9.17, 15) is 14.4 Å². The highest BCUT2D eigenvalue weighted by molar-refractivity contribution is 5.98. The van der Waals surface area contributed by atoms with Crippen LogP contribution >= 0.6 is 0 Å². The minimum Gasteiger partial charge on any atom is -0.374 e. The lowest BCUT2D eigenvalue weighted by molar-refractivity contribution is -0.130. The van der Waals surface area contributed by atoms with E-state index in [0.717, 1.165) is 37.1 Å². The Hall–Kier alpha value is -4.02. The maximum Gasteiger partial charge on any atom is 0.254 e.